The van der Waals surface area contributed by atoms with Gasteiger partial charge in [0.1, 0.15) is 11.9 Å². The SMILES string of the molecule is COC(=O)N[C@H](C(=O)N1CCC[C@H]1c1ncc(-c2ccc(C)c3cc(C)sc23)[nH]1)C(C)C. The van der Waals surface area contributed by atoms with Gasteiger partial charge in [0.15, 0.2) is 0 Å². The molecule has 0 saturated carbocycles. The minimum absolute atomic E-state index is 0.0575. The number of benzene rings is 1. The largest absolute Gasteiger partial charge is 0.453 e. The second-order valence-electron chi connectivity index (χ2n) is 8.76. The van der Waals surface area contributed by atoms with Crippen LogP contribution in [0.4, 0.5) is 4.79 Å². The van der Waals surface area contributed by atoms with Crippen LogP contribution in [0.15, 0.2) is 24.4 Å². The number of aromatic amines is 1. The number of aryl methyl sites for hydroxylation is 2. The van der Waals surface area contributed by atoms with Crippen molar-refractivity contribution in [1.29, 1.82) is 0 Å². The Morgan fingerprint density at radius 3 is 2.81 bits per heavy atom. The summed E-state index contributed by atoms with van der Waals surface area (Å²) in [6.45, 7) is 8.74. The molecule has 4 rings (SSSR count). The highest BCUT2D eigenvalue weighted by Gasteiger charge is 2.37. The predicted octanol–water partition coefficient (Wildman–Crippen LogP) is 4.95. The van der Waals surface area contributed by atoms with Crippen LogP contribution in [0, 0.1) is 19.8 Å². The molecule has 0 bridgehead atoms. The van der Waals surface area contributed by atoms with Crippen molar-refractivity contribution in [3.8, 4) is 11.3 Å². The molecule has 0 radical (unpaired) electrons. The van der Waals surface area contributed by atoms with E-state index < -0.39 is 12.1 Å². The topological polar surface area (TPSA) is 87.3 Å². The molecule has 32 heavy (non-hydrogen) atoms. The van der Waals surface area contributed by atoms with Crippen LogP contribution in [0.1, 0.15) is 49.0 Å². The number of imidazole rings is 1. The number of carbonyl (C=O) groups excluding carboxylic acids is 2. The molecule has 2 aromatic heterocycles. The van der Waals surface area contributed by atoms with Gasteiger partial charge in [0.2, 0.25) is 5.91 Å². The van der Waals surface area contributed by atoms with Crippen molar-refractivity contribution in [2.45, 2.75) is 52.6 Å². The van der Waals surface area contributed by atoms with E-state index in [2.05, 4.69) is 47.3 Å². The van der Waals surface area contributed by atoms with E-state index in [0.717, 1.165) is 29.9 Å². The molecule has 2 atom stereocenters. The Morgan fingerprint density at radius 1 is 1.31 bits per heavy atom. The number of carbonyl (C=O) groups is 2. The Bertz CT molecular complexity index is 1150. The molecule has 1 fully saturated rings. The molecule has 1 aliphatic heterocycles. The van der Waals surface area contributed by atoms with Crippen LogP contribution in [-0.2, 0) is 9.53 Å². The highest BCUT2D eigenvalue weighted by molar-refractivity contribution is 7.19. The average Bonchev–Trinajstić information content (AvgIpc) is 3.50. The van der Waals surface area contributed by atoms with E-state index in [1.807, 2.05) is 24.9 Å². The molecule has 8 heteroatoms. The van der Waals surface area contributed by atoms with E-state index in [1.165, 1.54) is 27.6 Å². The minimum atomic E-state index is -0.636. The first-order chi connectivity index (χ1) is 15.3. The fourth-order valence-corrected chi connectivity index (χ4v) is 5.55. The van der Waals surface area contributed by atoms with E-state index in [0.29, 0.717) is 6.54 Å². The summed E-state index contributed by atoms with van der Waals surface area (Å²) in [5.41, 5.74) is 3.35. The Hall–Kier alpha value is -2.87. The fraction of sp³-hybridized carbons (Fsp3) is 0.458. The molecule has 2 amide bonds. The first-order valence-electron chi connectivity index (χ1n) is 11.0. The van der Waals surface area contributed by atoms with Crippen molar-refractivity contribution in [2.24, 2.45) is 5.92 Å². The summed E-state index contributed by atoms with van der Waals surface area (Å²) in [5.74, 6) is 0.629. The van der Waals surface area contributed by atoms with E-state index >= 15 is 0 Å². The van der Waals surface area contributed by atoms with Crippen LogP contribution in [-0.4, -0.2) is 46.6 Å². The Balaban J connectivity index is 1.62. The number of ether oxygens (including phenoxy) is 1. The van der Waals surface area contributed by atoms with Gasteiger partial charge in [-0.3, -0.25) is 4.79 Å². The summed E-state index contributed by atoms with van der Waals surface area (Å²) in [6.07, 6.45) is 3.00. The van der Waals surface area contributed by atoms with Gasteiger partial charge in [0, 0.05) is 21.7 Å². The van der Waals surface area contributed by atoms with Crippen molar-refractivity contribution in [2.75, 3.05) is 13.7 Å². The van der Waals surface area contributed by atoms with Crippen LogP contribution < -0.4 is 5.32 Å². The summed E-state index contributed by atoms with van der Waals surface area (Å²) in [4.78, 5) is 36.4. The number of methoxy groups -OCH3 is 1. The summed E-state index contributed by atoms with van der Waals surface area (Å²) in [5, 5.41) is 3.96. The van der Waals surface area contributed by atoms with Crippen molar-refractivity contribution in [1.82, 2.24) is 20.2 Å². The lowest BCUT2D eigenvalue weighted by Gasteiger charge is -2.30. The standard InChI is InChI=1S/C24H30N4O3S/c1-13(2)20(27-24(30)31-5)23(29)28-10-6-7-19(28)22-25-12-18(26-22)16-9-8-14(3)17-11-15(4)32-21(16)17/h8-9,11-13,19-20H,6-7,10H2,1-5H3,(H,25,26)(H,27,30)/t19-,20-/m0/s1. The molecular weight excluding hydrogens is 424 g/mol. The second kappa shape index (κ2) is 8.94. The zero-order valence-corrected chi connectivity index (χ0v) is 20.0. The molecule has 1 aliphatic rings. The zero-order valence-electron chi connectivity index (χ0n) is 19.2. The molecule has 170 valence electrons. The minimum Gasteiger partial charge on any atom is -0.453 e. The van der Waals surface area contributed by atoms with Crippen molar-refractivity contribution in [3.05, 3.63) is 40.7 Å². The number of fused-ring (bicyclic) bond motifs is 1. The van der Waals surface area contributed by atoms with Crippen molar-refractivity contribution in [3.63, 3.8) is 0 Å². The summed E-state index contributed by atoms with van der Waals surface area (Å²) < 4.78 is 5.96. The molecule has 2 N–H and O–H groups in total. The van der Waals surface area contributed by atoms with Crippen LogP contribution in [0.3, 0.4) is 0 Å². The van der Waals surface area contributed by atoms with Crippen molar-refractivity contribution < 1.29 is 14.3 Å². The third kappa shape index (κ3) is 4.11. The third-order valence-electron chi connectivity index (χ3n) is 6.15. The van der Waals surface area contributed by atoms with Gasteiger partial charge < -0.3 is 19.9 Å². The van der Waals surface area contributed by atoms with Gasteiger partial charge in [-0.1, -0.05) is 26.0 Å². The number of likely N-dealkylation sites (tertiary alicyclic amines) is 1. The number of amides is 2. The van der Waals surface area contributed by atoms with E-state index in [-0.39, 0.29) is 17.9 Å². The monoisotopic (exact) mass is 454 g/mol. The number of H-pyrrole nitrogens is 1. The molecule has 0 unspecified atom stereocenters. The van der Waals surface area contributed by atoms with E-state index in [4.69, 9.17) is 4.74 Å². The number of thiophene rings is 1. The molecule has 1 aromatic carbocycles. The predicted molar refractivity (Wildman–Crippen MR) is 127 cm³/mol. The van der Waals surface area contributed by atoms with E-state index in [9.17, 15) is 9.59 Å². The van der Waals surface area contributed by atoms with Gasteiger partial charge in [-0.15, -0.1) is 11.3 Å². The lowest BCUT2D eigenvalue weighted by atomic mass is 10.0. The molecule has 0 spiro atoms. The number of hydrogen-bond acceptors (Lipinski definition) is 5. The molecular formula is C24H30N4O3S. The number of rotatable bonds is 5. The van der Waals surface area contributed by atoms with Gasteiger partial charge in [-0.05, 0) is 49.6 Å². The smallest absolute Gasteiger partial charge is 0.407 e. The number of hydrogen-bond donors (Lipinski definition) is 2. The highest BCUT2D eigenvalue weighted by atomic mass is 32.1. The normalized spacial score (nSPS) is 17.2. The number of alkyl carbamates (subject to hydrolysis) is 1. The summed E-state index contributed by atoms with van der Waals surface area (Å²) in [7, 11) is 1.30. The Labute approximate surface area is 192 Å². The number of aromatic nitrogens is 2. The summed E-state index contributed by atoms with van der Waals surface area (Å²) in [6, 6.07) is 5.73. The second-order valence-corrected chi connectivity index (χ2v) is 10.0. The molecule has 3 aromatic rings. The Kier molecular flexibility index (Phi) is 6.24. The van der Waals surface area contributed by atoms with Crippen LogP contribution in [0.2, 0.25) is 0 Å². The van der Waals surface area contributed by atoms with Crippen LogP contribution >= 0.6 is 11.3 Å². The quantitative estimate of drug-likeness (QED) is 0.571. The van der Waals surface area contributed by atoms with Crippen molar-refractivity contribution >= 4 is 33.4 Å². The number of nitrogens with zero attached hydrogens (tertiary/aromatic N) is 2. The van der Waals surface area contributed by atoms with Gasteiger partial charge in [-0.25, -0.2) is 9.78 Å². The van der Waals surface area contributed by atoms with Gasteiger partial charge in [0.05, 0.1) is 25.0 Å². The van der Waals surface area contributed by atoms with Gasteiger partial charge in [-0.2, -0.15) is 0 Å². The lowest BCUT2D eigenvalue weighted by molar-refractivity contribution is -0.135. The van der Waals surface area contributed by atoms with Crippen LogP contribution in [0.5, 0.6) is 0 Å². The zero-order chi connectivity index (χ0) is 23.0. The molecule has 1 saturated heterocycles. The fourth-order valence-electron chi connectivity index (χ4n) is 4.43. The highest BCUT2D eigenvalue weighted by Crippen LogP contribution is 2.37. The average molecular weight is 455 g/mol. The van der Waals surface area contributed by atoms with Gasteiger partial charge in [0.25, 0.3) is 0 Å². The lowest BCUT2D eigenvalue weighted by Crippen LogP contribution is -2.51. The van der Waals surface area contributed by atoms with E-state index in [1.54, 1.807) is 11.3 Å². The third-order valence-corrected chi connectivity index (χ3v) is 7.24. The van der Waals surface area contributed by atoms with Gasteiger partial charge >= 0.3 is 6.09 Å². The summed E-state index contributed by atoms with van der Waals surface area (Å²) >= 11 is 1.79. The molecule has 3 heterocycles. The molecule has 7 nitrogen and oxygen atoms in total. The maximum atomic E-state index is 13.3. The first-order valence-corrected chi connectivity index (χ1v) is 11.8. The number of nitrogens with one attached hydrogen (secondary N) is 2. The van der Waals surface area contributed by atoms with Crippen LogP contribution in [0.25, 0.3) is 21.3 Å². The Morgan fingerprint density at radius 2 is 2.09 bits per heavy atom. The maximum Gasteiger partial charge on any atom is 0.407 e. The first kappa shape index (κ1) is 22.3. The maximum absolute atomic E-state index is 13.3. The molecule has 0 aliphatic carbocycles.